The van der Waals surface area contributed by atoms with Crippen LogP contribution in [-0.2, 0) is 4.79 Å². The number of rotatable bonds is 4. The van der Waals surface area contributed by atoms with Gasteiger partial charge in [-0.15, -0.1) is 0 Å². The second-order valence-corrected chi connectivity index (χ2v) is 4.63. The van der Waals surface area contributed by atoms with Gasteiger partial charge in [0.2, 0.25) is 5.91 Å². The lowest BCUT2D eigenvalue weighted by Crippen LogP contribution is -2.48. The topological polar surface area (TPSA) is 29.1 Å². The maximum absolute atomic E-state index is 11.0. The highest BCUT2D eigenvalue weighted by molar-refractivity contribution is 5.75. The second-order valence-electron chi connectivity index (χ2n) is 4.63. The minimum Gasteiger partial charge on any atom is -0.359 e. The molecular formula is C11H23N2O+. The summed E-state index contributed by atoms with van der Waals surface area (Å²) in [5.41, 5.74) is 0. The monoisotopic (exact) mass is 199 g/mol. The van der Waals surface area contributed by atoms with E-state index in [1.807, 2.05) is 0 Å². The molecule has 1 amide bonds. The zero-order valence-electron chi connectivity index (χ0n) is 9.51. The fraction of sp³-hybridized carbons (Fsp3) is 0.909. The fourth-order valence-electron chi connectivity index (χ4n) is 2.25. The molecular weight excluding hydrogens is 176 g/mol. The summed E-state index contributed by atoms with van der Waals surface area (Å²) in [4.78, 5) is 11.0. The summed E-state index contributed by atoms with van der Waals surface area (Å²) in [7, 11) is 4.03. The lowest BCUT2D eigenvalue weighted by molar-refractivity contribution is -0.914. The Kier molecular flexibility index (Phi) is 4.39. The van der Waals surface area contributed by atoms with Gasteiger partial charge in [0.15, 0.2) is 0 Å². The van der Waals surface area contributed by atoms with Crippen molar-refractivity contribution in [2.45, 2.75) is 32.1 Å². The zero-order valence-corrected chi connectivity index (χ0v) is 9.51. The predicted molar refractivity (Wildman–Crippen MR) is 57.9 cm³/mol. The first kappa shape index (κ1) is 11.5. The molecule has 1 saturated heterocycles. The molecule has 1 heterocycles. The summed E-state index contributed by atoms with van der Waals surface area (Å²) in [5.74, 6) is 0.175. The van der Waals surface area contributed by atoms with E-state index in [4.69, 9.17) is 0 Å². The summed E-state index contributed by atoms with van der Waals surface area (Å²) >= 11 is 0. The van der Waals surface area contributed by atoms with Gasteiger partial charge in [-0.1, -0.05) is 0 Å². The van der Waals surface area contributed by atoms with Crippen LogP contribution in [0, 0.1) is 0 Å². The highest BCUT2D eigenvalue weighted by Crippen LogP contribution is 2.16. The van der Waals surface area contributed by atoms with Gasteiger partial charge >= 0.3 is 0 Å². The fourth-order valence-corrected chi connectivity index (χ4v) is 2.25. The van der Waals surface area contributed by atoms with Crippen LogP contribution in [0.3, 0.4) is 0 Å². The first-order valence-corrected chi connectivity index (χ1v) is 5.70. The maximum Gasteiger partial charge on any atom is 0.219 e. The lowest BCUT2D eigenvalue weighted by Gasteiger charge is -2.37. The molecule has 3 heteroatoms. The van der Waals surface area contributed by atoms with E-state index in [-0.39, 0.29) is 5.91 Å². The molecule has 1 aliphatic heterocycles. The summed E-state index contributed by atoms with van der Waals surface area (Å²) in [6.45, 7) is 3.76. The Labute approximate surface area is 87.1 Å². The van der Waals surface area contributed by atoms with Gasteiger partial charge in [-0.25, -0.2) is 0 Å². The van der Waals surface area contributed by atoms with Crippen LogP contribution in [0.1, 0.15) is 32.1 Å². The van der Waals surface area contributed by atoms with Gasteiger partial charge in [0.05, 0.1) is 26.7 Å². The number of quaternary nitrogens is 1. The number of piperidine rings is 1. The summed E-state index contributed by atoms with van der Waals surface area (Å²) in [6.07, 6.45) is 5.82. The van der Waals surface area contributed by atoms with Gasteiger partial charge in [0, 0.05) is 19.9 Å². The molecule has 0 aromatic rings. The number of nitrogens with zero attached hydrogens (tertiary/aromatic N) is 1. The minimum absolute atomic E-state index is 0.175. The Morgan fingerprint density at radius 2 is 1.93 bits per heavy atom. The number of likely N-dealkylation sites (tertiary alicyclic amines) is 1. The van der Waals surface area contributed by atoms with E-state index in [1.165, 1.54) is 36.8 Å². The number of nitrogens with one attached hydrogen (secondary N) is 1. The Morgan fingerprint density at radius 1 is 1.29 bits per heavy atom. The van der Waals surface area contributed by atoms with Gasteiger partial charge in [0.25, 0.3) is 0 Å². The number of hydrogen-bond donors (Lipinski definition) is 1. The Hall–Kier alpha value is -0.570. The van der Waals surface area contributed by atoms with Gasteiger partial charge < -0.3 is 9.80 Å². The van der Waals surface area contributed by atoms with Gasteiger partial charge in [0.1, 0.15) is 0 Å². The van der Waals surface area contributed by atoms with Crippen LogP contribution >= 0.6 is 0 Å². The molecule has 14 heavy (non-hydrogen) atoms. The molecule has 1 N–H and O–H groups in total. The van der Waals surface area contributed by atoms with E-state index in [1.54, 1.807) is 7.05 Å². The van der Waals surface area contributed by atoms with Crippen LogP contribution < -0.4 is 5.32 Å². The van der Waals surface area contributed by atoms with Crippen molar-refractivity contribution in [2.75, 3.05) is 33.7 Å². The molecule has 3 nitrogen and oxygen atoms in total. The summed E-state index contributed by atoms with van der Waals surface area (Å²) in [5, 5.41) is 2.67. The van der Waals surface area contributed by atoms with E-state index >= 15 is 0 Å². The van der Waals surface area contributed by atoms with Crippen molar-refractivity contribution in [1.82, 2.24) is 5.32 Å². The Balaban J connectivity index is 2.18. The first-order chi connectivity index (χ1) is 6.66. The molecule has 0 atom stereocenters. The Bertz CT molecular complexity index is 186. The average Bonchev–Trinajstić information content (AvgIpc) is 2.18. The van der Waals surface area contributed by atoms with Crippen LogP contribution in [0.5, 0.6) is 0 Å². The van der Waals surface area contributed by atoms with Crippen molar-refractivity contribution in [2.24, 2.45) is 0 Å². The van der Waals surface area contributed by atoms with Crippen molar-refractivity contribution >= 4 is 5.91 Å². The molecule has 1 aliphatic rings. The molecule has 0 aliphatic carbocycles. The van der Waals surface area contributed by atoms with E-state index in [0.717, 1.165) is 13.0 Å². The molecule has 1 fully saturated rings. The van der Waals surface area contributed by atoms with E-state index < -0.39 is 0 Å². The van der Waals surface area contributed by atoms with E-state index in [9.17, 15) is 4.79 Å². The van der Waals surface area contributed by atoms with Crippen molar-refractivity contribution in [3.63, 3.8) is 0 Å². The van der Waals surface area contributed by atoms with E-state index in [2.05, 4.69) is 12.4 Å². The second kappa shape index (κ2) is 5.35. The lowest BCUT2D eigenvalue weighted by atomic mass is 10.1. The third-order valence-electron chi connectivity index (χ3n) is 3.28. The largest absolute Gasteiger partial charge is 0.359 e. The minimum atomic E-state index is 0.175. The van der Waals surface area contributed by atoms with Crippen LogP contribution in [-0.4, -0.2) is 44.1 Å². The van der Waals surface area contributed by atoms with Crippen molar-refractivity contribution in [3.8, 4) is 0 Å². The normalized spacial score (nSPS) is 20.4. The van der Waals surface area contributed by atoms with Crippen molar-refractivity contribution < 1.29 is 9.28 Å². The van der Waals surface area contributed by atoms with Crippen LogP contribution in [0.25, 0.3) is 0 Å². The number of amides is 1. The average molecular weight is 199 g/mol. The molecule has 0 aromatic heterocycles. The zero-order chi connectivity index (χ0) is 10.4. The highest BCUT2D eigenvalue weighted by Gasteiger charge is 2.23. The molecule has 82 valence electrons. The maximum atomic E-state index is 11.0. The third-order valence-corrected chi connectivity index (χ3v) is 3.28. The summed E-state index contributed by atoms with van der Waals surface area (Å²) < 4.78 is 1.18. The molecule has 0 unspecified atom stereocenters. The quantitative estimate of drug-likeness (QED) is 0.676. The smallest absolute Gasteiger partial charge is 0.219 e. The molecule has 0 bridgehead atoms. The SMILES string of the molecule is CNC(=O)CCC[N+]1(C)CCCCC1. The number of carbonyl (C=O) groups is 1. The first-order valence-electron chi connectivity index (χ1n) is 5.70. The van der Waals surface area contributed by atoms with Gasteiger partial charge in [-0.3, -0.25) is 4.79 Å². The van der Waals surface area contributed by atoms with Crippen LogP contribution in [0.4, 0.5) is 0 Å². The molecule has 0 aromatic carbocycles. The Morgan fingerprint density at radius 3 is 2.50 bits per heavy atom. The molecule has 1 rings (SSSR count). The third kappa shape index (κ3) is 3.66. The van der Waals surface area contributed by atoms with Crippen LogP contribution in [0.2, 0.25) is 0 Å². The van der Waals surface area contributed by atoms with Gasteiger partial charge in [-0.05, 0) is 19.3 Å². The molecule has 0 spiro atoms. The standard InChI is InChI=1S/C11H22N2O/c1-12-11(14)7-6-10-13(2)8-4-3-5-9-13/h3-10H2,1-2H3/p+1. The number of hydrogen-bond acceptors (Lipinski definition) is 1. The number of carbonyl (C=O) groups excluding carboxylic acids is 1. The highest BCUT2D eigenvalue weighted by atomic mass is 16.1. The summed E-state index contributed by atoms with van der Waals surface area (Å²) in [6, 6.07) is 0. The molecule has 0 radical (unpaired) electrons. The van der Waals surface area contributed by atoms with Crippen molar-refractivity contribution in [3.05, 3.63) is 0 Å². The van der Waals surface area contributed by atoms with Gasteiger partial charge in [-0.2, -0.15) is 0 Å². The van der Waals surface area contributed by atoms with Crippen LogP contribution in [0.15, 0.2) is 0 Å². The molecule has 0 saturated carbocycles. The predicted octanol–water partition coefficient (Wildman–Crippen LogP) is 1.14. The van der Waals surface area contributed by atoms with E-state index in [0.29, 0.717) is 6.42 Å². The van der Waals surface area contributed by atoms with Crippen molar-refractivity contribution in [1.29, 1.82) is 0 Å².